The summed E-state index contributed by atoms with van der Waals surface area (Å²) in [5, 5.41) is 7.13. The maximum atomic E-state index is 10.5. The topological polar surface area (TPSA) is 43.1 Å². The Balaban J connectivity index is 2.77. The molecule has 0 heterocycles. The van der Waals surface area contributed by atoms with Crippen LogP contribution < -0.4 is 5.14 Å². The Kier molecular flexibility index (Phi) is 3.47. The van der Waals surface area contributed by atoms with E-state index >= 15 is 0 Å². The maximum absolute atomic E-state index is 10.5. The molecule has 0 amide bonds. The molecule has 0 aromatic heterocycles. The monoisotopic (exact) mass is 201 g/mol. The Morgan fingerprint density at radius 1 is 1.33 bits per heavy atom. The molecule has 0 bridgehead atoms. The van der Waals surface area contributed by atoms with Crippen molar-refractivity contribution in [3.63, 3.8) is 0 Å². The summed E-state index contributed by atoms with van der Waals surface area (Å²) >= 11 is 5.67. The van der Waals surface area contributed by atoms with Crippen LogP contribution in [0.1, 0.15) is 5.56 Å². The molecule has 1 atom stereocenters. The summed E-state index contributed by atoms with van der Waals surface area (Å²) in [5.41, 5.74) is 0.929. The Hall–Kier alpha value is -0.640. The quantitative estimate of drug-likeness (QED) is 0.781. The Morgan fingerprint density at radius 3 is 2.42 bits per heavy atom. The van der Waals surface area contributed by atoms with Gasteiger partial charge >= 0.3 is 0 Å². The summed E-state index contributed by atoms with van der Waals surface area (Å²) in [5.74, 6) is 0. The van der Waals surface area contributed by atoms with Crippen molar-refractivity contribution in [1.82, 2.24) is 0 Å². The minimum Gasteiger partial charge on any atom is -0.248 e. The smallest absolute Gasteiger partial charge is 0.114 e. The van der Waals surface area contributed by atoms with E-state index in [2.05, 4.69) is 0 Å². The molecule has 0 aliphatic rings. The standard InChI is InChI=1S/C8H8ClNOS/c9-8-3-1-7(2-4-8)5-6-12(10)11/h1-6H,10H2. The summed E-state index contributed by atoms with van der Waals surface area (Å²) in [7, 11) is -1.38. The maximum Gasteiger partial charge on any atom is 0.114 e. The minimum atomic E-state index is -1.38. The summed E-state index contributed by atoms with van der Waals surface area (Å²) < 4.78 is 10.5. The Bertz CT molecular complexity index is 307. The molecule has 4 heteroatoms. The third-order valence-corrected chi connectivity index (χ3v) is 1.92. The molecule has 1 aromatic rings. The van der Waals surface area contributed by atoms with Gasteiger partial charge in [0, 0.05) is 10.4 Å². The summed E-state index contributed by atoms with van der Waals surface area (Å²) in [6, 6.07) is 7.18. The first-order chi connectivity index (χ1) is 5.68. The van der Waals surface area contributed by atoms with E-state index in [1.54, 1.807) is 18.2 Å². The van der Waals surface area contributed by atoms with Crippen molar-refractivity contribution in [3.8, 4) is 0 Å². The van der Waals surface area contributed by atoms with Crippen molar-refractivity contribution in [3.05, 3.63) is 40.3 Å². The van der Waals surface area contributed by atoms with E-state index in [0.717, 1.165) is 5.56 Å². The molecule has 0 aliphatic carbocycles. The van der Waals surface area contributed by atoms with E-state index in [1.165, 1.54) is 5.41 Å². The summed E-state index contributed by atoms with van der Waals surface area (Å²) in [6.45, 7) is 0. The predicted octanol–water partition coefficient (Wildman–Crippen LogP) is 1.93. The summed E-state index contributed by atoms with van der Waals surface area (Å²) in [4.78, 5) is 0. The van der Waals surface area contributed by atoms with Gasteiger partial charge in [0.25, 0.3) is 0 Å². The normalized spacial score (nSPS) is 13.5. The molecule has 0 fully saturated rings. The zero-order valence-electron chi connectivity index (χ0n) is 6.24. The first-order valence-corrected chi connectivity index (χ1v) is 4.92. The lowest BCUT2D eigenvalue weighted by Gasteiger charge is -1.91. The van der Waals surface area contributed by atoms with E-state index in [9.17, 15) is 4.21 Å². The number of rotatable bonds is 2. The number of hydrogen-bond acceptors (Lipinski definition) is 1. The van der Waals surface area contributed by atoms with Gasteiger partial charge in [-0.25, -0.2) is 9.35 Å². The highest BCUT2D eigenvalue weighted by molar-refractivity contribution is 7.85. The SMILES string of the molecule is NS(=O)C=Cc1ccc(Cl)cc1. The molecule has 1 aromatic carbocycles. The average molecular weight is 202 g/mol. The van der Waals surface area contributed by atoms with Crippen LogP contribution in [0, 0.1) is 0 Å². The molecular formula is C8H8ClNOS. The first-order valence-electron chi connectivity index (χ1n) is 3.27. The van der Waals surface area contributed by atoms with Crippen molar-refractivity contribution < 1.29 is 4.21 Å². The second kappa shape index (κ2) is 4.40. The molecule has 12 heavy (non-hydrogen) atoms. The van der Waals surface area contributed by atoms with Crippen LogP contribution >= 0.6 is 11.6 Å². The van der Waals surface area contributed by atoms with Crippen LogP contribution in [-0.4, -0.2) is 4.21 Å². The van der Waals surface area contributed by atoms with Gasteiger partial charge in [-0.3, -0.25) is 0 Å². The van der Waals surface area contributed by atoms with E-state index in [-0.39, 0.29) is 0 Å². The lowest BCUT2D eigenvalue weighted by molar-refractivity contribution is 0.689. The lowest BCUT2D eigenvalue weighted by Crippen LogP contribution is -1.95. The molecule has 1 unspecified atom stereocenters. The van der Waals surface area contributed by atoms with Crippen molar-refractivity contribution >= 4 is 28.7 Å². The van der Waals surface area contributed by atoms with Crippen LogP contribution in [-0.2, 0) is 11.0 Å². The predicted molar refractivity (Wildman–Crippen MR) is 52.8 cm³/mol. The zero-order chi connectivity index (χ0) is 8.97. The van der Waals surface area contributed by atoms with Gasteiger partial charge in [0.1, 0.15) is 11.0 Å². The number of hydrogen-bond donors (Lipinski definition) is 1. The van der Waals surface area contributed by atoms with E-state index in [1.807, 2.05) is 12.1 Å². The molecule has 2 nitrogen and oxygen atoms in total. The third-order valence-electron chi connectivity index (χ3n) is 1.26. The first kappa shape index (κ1) is 9.45. The van der Waals surface area contributed by atoms with Crippen LogP contribution in [0.15, 0.2) is 29.7 Å². The fourth-order valence-electron chi connectivity index (χ4n) is 0.720. The number of nitrogens with two attached hydrogens (primary N) is 1. The van der Waals surface area contributed by atoms with Crippen LogP contribution in [0.2, 0.25) is 5.02 Å². The van der Waals surface area contributed by atoms with Crippen molar-refractivity contribution in [1.29, 1.82) is 0 Å². The molecule has 0 saturated heterocycles. The molecule has 0 spiro atoms. The van der Waals surface area contributed by atoms with Crippen molar-refractivity contribution in [2.45, 2.75) is 0 Å². The van der Waals surface area contributed by atoms with Crippen LogP contribution in [0.25, 0.3) is 6.08 Å². The van der Waals surface area contributed by atoms with Crippen LogP contribution in [0.5, 0.6) is 0 Å². The van der Waals surface area contributed by atoms with Crippen LogP contribution in [0.4, 0.5) is 0 Å². The van der Waals surface area contributed by atoms with Crippen molar-refractivity contribution in [2.75, 3.05) is 0 Å². The Labute approximate surface area is 78.6 Å². The van der Waals surface area contributed by atoms with Gasteiger partial charge in [-0.05, 0) is 23.8 Å². The number of benzene rings is 1. The van der Waals surface area contributed by atoms with Gasteiger partial charge in [-0.1, -0.05) is 23.7 Å². The van der Waals surface area contributed by atoms with Gasteiger partial charge < -0.3 is 0 Å². The lowest BCUT2D eigenvalue weighted by atomic mass is 10.2. The van der Waals surface area contributed by atoms with Gasteiger partial charge in [0.15, 0.2) is 0 Å². The highest BCUT2D eigenvalue weighted by Gasteiger charge is 1.87. The fourth-order valence-corrected chi connectivity index (χ4v) is 1.14. The van der Waals surface area contributed by atoms with Crippen molar-refractivity contribution in [2.24, 2.45) is 5.14 Å². The zero-order valence-corrected chi connectivity index (χ0v) is 7.81. The molecule has 0 radical (unpaired) electrons. The van der Waals surface area contributed by atoms with Gasteiger partial charge in [0.05, 0.1) is 0 Å². The van der Waals surface area contributed by atoms with E-state index in [4.69, 9.17) is 16.7 Å². The van der Waals surface area contributed by atoms with Crippen LogP contribution in [0.3, 0.4) is 0 Å². The molecule has 0 aliphatic heterocycles. The number of halogens is 1. The second-order valence-corrected chi connectivity index (χ2v) is 3.55. The largest absolute Gasteiger partial charge is 0.248 e. The highest BCUT2D eigenvalue weighted by Crippen LogP contribution is 2.10. The highest BCUT2D eigenvalue weighted by atomic mass is 35.5. The minimum absolute atomic E-state index is 0.682. The Morgan fingerprint density at radius 2 is 1.92 bits per heavy atom. The third kappa shape index (κ3) is 3.17. The van der Waals surface area contributed by atoms with Gasteiger partial charge in [-0.15, -0.1) is 0 Å². The van der Waals surface area contributed by atoms with E-state index in [0.29, 0.717) is 5.02 Å². The molecule has 1 rings (SSSR count). The molecular weight excluding hydrogens is 194 g/mol. The summed E-state index contributed by atoms with van der Waals surface area (Å²) in [6.07, 6.45) is 1.69. The molecule has 0 saturated carbocycles. The molecule has 2 N–H and O–H groups in total. The average Bonchev–Trinajstić information content (AvgIpc) is 2.03. The van der Waals surface area contributed by atoms with Gasteiger partial charge in [0.2, 0.25) is 0 Å². The second-order valence-electron chi connectivity index (χ2n) is 2.18. The van der Waals surface area contributed by atoms with E-state index < -0.39 is 11.0 Å². The molecule has 64 valence electrons. The fraction of sp³-hybridized carbons (Fsp3) is 0. The van der Waals surface area contributed by atoms with Gasteiger partial charge in [-0.2, -0.15) is 0 Å².